The van der Waals surface area contributed by atoms with Gasteiger partial charge in [-0.15, -0.1) is 0 Å². The van der Waals surface area contributed by atoms with Gasteiger partial charge in [0.05, 0.1) is 0 Å². The standard InChI is InChI=1S/C24H37N3.2BrH.Co/c1-5-19-11-9-12-20(6-2)23(19)26-17-15-25-16-18-27-24-21(7-3)13-10-14-22(24)8-4;;;/h9-14,25-27H,5-8,15-18H2,1-4H3;2*1H;/q;;;+2/p-2. The number of rotatable bonds is 12. The Bertz CT molecular complexity index is 607. The average molecular weight is 586 g/mol. The van der Waals surface area contributed by atoms with Gasteiger partial charge in [-0.1, -0.05) is 64.1 Å². The van der Waals surface area contributed by atoms with E-state index in [-0.39, 0.29) is 50.7 Å². The van der Waals surface area contributed by atoms with Crippen LogP contribution >= 0.6 is 0 Å². The number of para-hydroxylation sites is 2. The van der Waals surface area contributed by atoms with Crippen molar-refractivity contribution in [3.8, 4) is 0 Å². The zero-order valence-corrected chi connectivity index (χ0v) is 22.9. The third-order valence-corrected chi connectivity index (χ3v) is 5.20. The second-order valence-electron chi connectivity index (χ2n) is 6.92. The van der Waals surface area contributed by atoms with Crippen molar-refractivity contribution in [1.82, 2.24) is 5.32 Å². The molecule has 1 radical (unpaired) electrons. The van der Waals surface area contributed by atoms with Crippen LogP contribution in [-0.2, 0) is 42.5 Å². The van der Waals surface area contributed by atoms with Crippen molar-refractivity contribution < 1.29 is 50.7 Å². The zero-order valence-electron chi connectivity index (χ0n) is 18.7. The Hall–Kier alpha value is -0.534. The molecule has 0 aromatic heterocycles. The maximum Gasteiger partial charge on any atom is 2.00 e. The molecule has 0 aliphatic carbocycles. The number of benzene rings is 2. The minimum absolute atomic E-state index is 0. The molecule has 2 rings (SSSR count). The smallest absolute Gasteiger partial charge is 1.00 e. The Labute approximate surface area is 215 Å². The van der Waals surface area contributed by atoms with Gasteiger partial charge < -0.3 is 49.9 Å². The Kier molecular flexibility index (Phi) is 19.1. The number of halogens is 2. The van der Waals surface area contributed by atoms with Crippen LogP contribution in [0.4, 0.5) is 11.4 Å². The summed E-state index contributed by atoms with van der Waals surface area (Å²) in [4.78, 5) is 0. The molecule has 6 heteroatoms. The normalized spacial score (nSPS) is 9.73. The fraction of sp³-hybridized carbons (Fsp3) is 0.500. The molecule has 0 amide bonds. The Balaban J connectivity index is 0. The van der Waals surface area contributed by atoms with Gasteiger partial charge in [0, 0.05) is 37.6 Å². The summed E-state index contributed by atoms with van der Waals surface area (Å²) in [6.07, 6.45) is 4.29. The molecule has 3 N–H and O–H groups in total. The van der Waals surface area contributed by atoms with Crippen LogP contribution in [-0.4, -0.2) is 26.2 Å². The maximum atomic E-state index is 3.65. The Morgan fingerprint density at radius 3 is 1.10 bits per heavy atom. The van der Waals surface area contributed by atoms with Gasteiger partial charge in [-0.05, 0) is 47.9 Å². The third-order valence-electron chi connectivity index (χ3n) is 5.20. The van der Waals surface area contributed by atoms with Crippen LogP contribution in [0.25, 0.3) is 0 Å². The predicted octanol–water partition coefficient (Wildman–Crippen LogP) is -0.945. The minimum Gasteiger partial charge on any atom is -1.00 e. The van der Waals surface area contributed by atoms with E-state index in [2.05, 4.69) is 80.0 Å². The second kappa shape index (κ2) is 18.1. The molecular weight excluding hydrogens is 549 g/mol. The molecule has 0 saturated heterocycles. The number of hydrogen-bond acceptors (Lipinski definition) is 3. The molecule has 0 atom stereocenters. The topological polar surface area (TPSA) is 36.1 Å². The fourth-order valence-electron chi connectivity index (χ4n) is 3.62. The van der Waals surface area contributed by atoms with Crippen molar-refractivity contribution in [3.05, 3.63) is 58.7 Å². The van der Waals surface area contributed by atoms with Crippen LogP contribution in [0, 0.1) is 0 Å². The van der Waals surface area contributed by atoms with Crippen molar-refractivity contribution in [3.63, 3.8) is 0 Å². The maximum absolute atomic E-state index is 3.65. The van der Waals surface area contributed by atoms with Gasteiger partial charge in [-0.25, -0.2) is 0 Å². The number of hydrogen-bond donors (Lipinski definition) is 3. The molecule has 0 fully saturated rings. The monoisotopic (exact) mass is 584 g/mol. The summed E-state index contributed by atoms with van der Waals surface area (Å²) < 4.78 is 0. The Morgan fingerprint density at radius 2 is 0.833 bits per heavy atom. The summed E-state index contributed by atoms with van der Waals surface area (Å²) in [7, 11) is 0. The zero-order chi connectivity index (χ0) is 19.5. The van der Waals surface area contributed by atoms with Gasteiger partial charge in [0.25, 0.3) is 0 Å². The van der Waals surface area contributed by atoms with Crippen LogP contribution in [0.5, 0.6) is 0 Å². The first-order chi connectivity index (χ1) is 13.2. The summed E-state index contributed by atoms with van der Waals surface area (Å²) in [5.74, 6) is 0. The molecule has 0 aliphatic heterocycles. The molecule has 2 aromatic carbocycles. The number of aryl methyl sites for hydroxylation is 4. The summed E-state index contributed by atoms with van der Waals surface area (Å²) in [6, 6.07) is 13.3. The fourth-order valence-corrected chi connectivity index (χ4v) is 3.62. The van der Waals surface area contributed by atoms with Crippen molar-refractivity contribution in [2.45, 2.75) is 53.4 Å². The SMILES string of the molecule is CCc1cccc(CC)c1NCCNCCNc1c(CC)cccc1CC.[Br-].[Br-].[Co+2]. The largest absolute Gasteiger partial charge is 2.00 e. The van der Waals surface area contributed by atoms with E-state index in [0.29, 0.717) is 0 Å². The van der Waals surface area contributed by atoms with E-state index in [1.54, 1.807) is 0 Å². The van der Waals surface area contributed by atoms with E-state index in [9.17, 15) is 0 Å². The summed E-state index contributed by atoms with van der Waals surface area (Å²) in [5, 5.41) is 10.8. The molecule has 0 bridgehead atoms. The van der Waals surface area contributed by atoms with E-state index in [1.165, 1.54) is 33.6 Å². The Morgan fingerprint density at radius 1 is 0.533 bits per heavy atom. The van der Waals surface area contributed by atoms with Gasteiger partial charge in [0.15, 0.2) is 0 Å². The molecule has 2 aromatic rings. The van der Waals surface area contributed by atoms with E-state index in [1.807, 2.05) is 0 Å². The van der Waals surface area contributed by atoms with Gasteiger partial charge in [0.1, 0.15) is 0 Å². The third kappa shape index (κ3) is 9.31. The van der Waals surface area contributed by atoms with Crippen LogP contribution in [0.3, 0.4) is 0 Å². The predicted molar refractivity (Wildman–Crippen MR) is 120 cm³/mol. The molecular formula is C24H37Br2CoN3. The number of nitrogens with one attached hydrogen (secondary N) is 3. The van der Waals surface area contributed by atoms with Crippen molar-refractivity contribution in [1.29, 1.82) is 0 Å². The average Bonchev–Trinajstić information content (AvgIpc) is 2.72. The van der Waals surface area contributed by atoms with Gasteiger partial charge in [-0.2, -0.15) is 0 Å². The number of anilines is 2. The molecule has 0 spiro atoms. The van der Waals surface area contributed by atoms with Crippen LogP contribution in [0.2, 0.25) is 0 Å². The summed E-state index contributed by atoms with van der Waals surface area (Å²) in [5.41, 5.74) is 8.34. The van der Waals surface area contributed by atoms with E-state index in [4.69, 9.17) is 0 Å². The molecule has 0 unspecified atom stereocenters. The summed E-state index contributed by atoms with van der Waals surface area (Å²) in [6.45, 7) is 12.7. The second-order valence-corrected chi connectivity index (χ2v) is 6.92. The minimum atomic E-state index is 0. The van der Waals surface area contributed by atoms with Gasteiger partial charge >= 0.3 is 16.8 Å². The quantitative estimate of drug-likeness (QED) is 0.281. The molecule has 0 heterocycles. The van der Waals surface area contributed by atoms with E-state index < -0.39 is 0 Å². The van der Waals surface area contributed by atoms with Crippen molar-refractivity contribution in [2.75, 3.05) is 36.8 Å². The molecule has 0 saturated carbocycles. The van der Waals surface area contributed by atoms with Crippen LogP contribution < -0.4 is 49.9 Å². The van der Waals surface area contributed by atoms with E-state index >= 15 is 0 Å². The first kappa shape index (κ1) is 31.7. The summed E-state index contributed by atoms with van der Waals surface area (Å²) >= 11 is 0. The van der Waals surface area contributed by atoms with Gasteiger partial charge in [0.2, 0.25) is 0 Å². The molecule has 3 nitrogen and oxygen atoms in total. The van der Waals surface area contributed by atoms with Crippen LogP contribution in [0.1, 0.15) is 49.9 Å². The molecule has 30 heavy (non-hydrogen) atoms. The van der Waals surface area contributed by atoms with Gasteiger partial charge in [-0.3, -0.25) is 0 Å². The van der Waals surface area contributed by atoms with Crippen molar-refractivity contribution >= 4 is 11.4 Å². The first-order valence-corrected chi connectivity index (χ1v) is 10.6. The molecule has 171 valence electrons. The first-order valence-electron chi connectivity index (χ1n) is 10.6. The van der Waals surface area contributed by atoms with E-state index in [0.717, 1.165) is 51.9 Å². The van der Waals surface area contributed by atoms with Crippen LogP contribution in [0.15, 0.2) is 36.4 Å². The molecule has 0 aliphatic rings. The van der Waals surface area contributed by atoms with Crippen molar-refractivity contribution in [2.24, 2.45) is 0 Å².